The molecule has 4 rings (SSSR count). The van der Waals surface area contributed by atoms with Gasteiger partial charge in [0.25, 0.3) is 0 Å². The first kappa shape index (κ1) is 47.3. The Balaban J connectivity index is 0.000000700. The third-order valence-electron chi connectivity index (χ3n) is 13.4. The van der Waals surface area contributed by atoms with Gasteiger partial charge in [-0.05, 0) is 150 Å². The molecule has 0 aliphatic heterocycles. The van der Waals surface area contributed by atoms with E-state index in [1.807, 2.05) is 0 Å². The summed E-state index contributed by atoms with van der Waals surface area (Å²) in [7, 11) is 0. The smallest absolute Gasteiger partial charge is 0.222 e. The van der Waals surface area contributed by atoms with E-state index in [2.05, 4.69) is 39.5 Å². The molecule has 0 aromatic rings. The van der Waals surface area contributed by atoms with Gasteiger partial charge in [0.2, 0.25) is 5.91 Å². The Labute approximate surface area is 310 Å². The van der Waals surface area contributed by atoms with Crippen LogP contribution < -0.4 is 11.5 Å². The van der Waals surface area contributed by atoms with Gasteiger partial charge in [-0.1, -0.05) is 79.6 Å². The topological polar surface area (TPSA) is 133 Å². The maximum absolute atomic E-state index is 13.2. The molecule has 4 fully saturated rings. The third kappa shape index (κ3) is 15.3. The second-order valence-corrected chi connectivity index (χ2v) is 16.7. The van der Waals surface area contributed by atoms with Crippen molar-refractivity contribution in [2.45, 2.75) is 182 Å². The zero-order chi connectivity index (χ0) is 37.3. The van der Waals surface area contributed by atoms with Gasteiger partial charge in [0, 0.05) is 39.3 Å². The first-order valence-electron chi connectivity index (χ1n) is 21.7. The quantitative estimate of drug-likeness (QED) is 0.0904. The molecule has 0 heterocycles. The monoisotopic (exact) mass is 710 g/mol. The van der Waals surface area contributed by atoms with E-state index < -0.39 is 0 Å². The molecule has 0 saturated heterocycles. The number of hydrogen-bond donors (Lipinski definition) is 5. The maximum atomic E-state index is 13.2. The standard InChI is InChI=1S/C33H59NO.C4H10O.2C3H9NO/c1-5-7-11-24-34(25-12-8-6-2)31(35)16-13-15-27-18-20-29-28-19-17-26-14-9-10-22-32(26,3)30(28)21-23-33(27,29)4;1-2-3-4-5;2*4-2-1-3-5/h26-30H,5-25H2,1-4H3;5H,2-4H2,1H3;2*5H,1-4H2/t26?,27-,28?,29?,30?,32-,33+;;;/m0.../s1. The normalized spacial score (nSPS) is 29.4. The number of carbonyl (C=O) groups is 1. The second-order valence-electron chi connectivity index (χ2n) is 16.7. The number of unbranched alkanes of at least 4 members (excludes halogenated alkanes) is 5. The van der Waals surface area contributed by atoms with E-state index in [1.54, 1.807) is 0 Å². The fraction of sp³-hybridized carbons (Fsp3) is 0.977. The number of amides is 1. The molecule has 298 valence electrons. The van der Waals surface area contributed by atoms with Crippen LogP contribution in [-0.4, -0.2) is 72.1 Å². The maximum Gasteiger partial charge on any atom is 0.222 e. The summed E-state index contributed by atoms with van der Waals surface area (Å²) in [5.41, 5.74) is 11.2. The predicted molar refractivity (Wildman–Crippen MR) is 213 cm³/mol. The highest BCUT2D eigenvalue weighted by molar-refractivity contribution is 5.76. The molecule has 0 radical (unpaired) electrons. The number of aliphatic hydroxyl groups excluding tert-OH is 3. The largest absolute Gasteiger partial charge is 0.396 e. The van der Waals surface area contributed by atoms with Crippen LogP contribution in [0.25, 0.3) is 0 Å². The van der Waals surface area contributed by atoms with E-state index in [0.717, 1.165) is 81.2 Å². The van der Waals surface area contributed by atoms with Crippen molar-refractivity contribution in [3.8, 4) is 0 Å². The van der Waals surface area contributed by atoms with Crippen LogP contribution in [0.1, 0.15) is 182 Å². The van der Waals surface area contributed by atoms with Gasteiger partial charge < -0.3 is 31.7 Å². The van der Waals surface area contributed by atoms with Gasteiger partial charge in [0.05, 0.1) is 0 Å². The Hall–Kier alpha value is -0.730. The van der Waals surface area contributed by atoms with E-state index in [4.69, 9.17) is 26.8 Å². The number of hydrogen-bond acceptors (Lipinski definition) is 6. The average Bonchev–Trinajstić information content (AvgIpc) is 3.45. The van der Waals surface area contributed by atoms with Crippen molar-refractivity contribution in [2.75, 3.05) is 46.0 Å². The minimum atomic E-state index is 0.219. The highest BCUT2D eigenvalue weighted by atomic mass is 16.3. The number of fused-ring (bicyclic) bond motifs is 5. The molecule has 7 heteroatoms. The van der Waals surface area contributed by atoms with Crippen LogP contribution in [0, 0.1) is 40.4 Å². The zero-order valence-corrected chi connectivity index (χ0v) is 34.0. The molecule has 7 nitrogen and oxygen atoms in total. The molecule has 4 aliphatic rings. The lowest BCUT2D eigenvalue weighted by molar-refractivity contribution is -0.131. The number of aliphatic hydroxyl groups is 3. The highest BCUT2D eigenvalue weighted by Gasteiger charge is 2.59. The third-order valence-corrected chi connectivity index (χ3v) is 13.4. The summed E-state index contributed by atoms with van der Waals surface area (Å²) in [5, 5.41) is 24.0. The van der Waals surface area contributed by atoms with Crippen LogP contribution in [-0.2, 0) is 4.79 Å². The van der Waals surface area contributed by atoms with Crippen molar-refractivity contribution in [3.05, 3.63) is 0 Å². The van der Waals surface area contributed by atoms with Crippen LogP contribution in [0.4, 0.5) is 0 Å². The van der Waals surface area contributed by atoms with Crippen LogP contribution in [0.3, 0.4) is 0 Å². The van der Waals surface area contributed by atoms with Gasteiger partial charge in [-0.2, -0.15) is 0 Å². The molecular formula is C43H87N3O4. The first-order chi connectivity index (χ1) is 24.2. The number of carbonyl (C=O) groups excluding carboxylic acids is 1. The zero-order valence-electron chi connectivity index (χ0n) is 34.0. The summed E-state index contributed by atoms with van der Waals surface area (Å²) in [6, 6.07) is 0. The molecule has 7 atom stereocenters. The summed E-state index contributed by atoms with van der Waals surface area (Å²) in [4.78, 5) is 15.4. The average molecular weight is 710 g/mol. The van der Waals surface area contributed by atoms with E-state index in [-0.39, 0.29) is 13.2 Å². The molecule has 4 unspecified atom stereocenters. The molecule has 0 bridgehead atoms. The van der Waals surface area contributed by atoms with Gasteiger partial charge in [0.1, 0.15) is 0 Å². The number of rotatable bonds is 18. The van der Waals surface area contributed by atoms with Crippen molar-refractivity contribution in [1.29, 1.82) is 0 Å². The molecular weight excluding hydrogens is 622 g/mol. The molecule has 0 aromatic carbocycles. The Morgan fingerprint density at radius 2 is 1.22 bits per heavy atom. The lowest BCUT2D eigenvalue weighted by Crippen LogP contribution is -2.52. The molecule has 4 aliphatic carbocycles. The van der Waals surface area contributed by atoms with E-state index in [9.17, 15) is 4.79 Å². The minimum Gasteiger partial charge on any atom is -0.396 e. The van der Waals surface area contributed by atoms with Crippen LogP contribution in [0.5, 0.6) is 0 Å². The van der Waals surface area contributed by atoms with Crippen LogP contribution >= 0.6 is 0 Å². The van der Waals surface area contributed by atoms with Gasteiger partial charge in [-0.15, -0.1) is 0 Å². The summed E-state index contributed by atoms with van der Waals surface area (Å²) in [6.45, 7) is 15.9. The van der Waals surface area contributed by atoms with Crippen LogP contribution in [0.15, 0.2) is 0 Å². The molecule has 0 aromatic heterocycles. The molecule has 0 spiro atoms. The van der Waals surface area contributed by atoms with Gasteiger partial charge in [0.15, 0.2) is 0 Å². The SMILES string of the molecule is CCCCCN(CCCCC)C(=O)CCC[C@H]1CCC2C3CCC4CCCC[C@]4(C)C3CC[C@@]21C.CCCCO.NCCCO.NCCCO. The molecule has 7 N–H and O–H groups in total. The Bertz CT molecular complexity index is 800. The minimum absolute atomic E-state index is 0.219. The summed E-state index contributed by atoms with van der Waals surface area (Å²) in [5.74, 6) is 5.34. The van der Waals surface area contributed by atoms with E-state index in [1.165, 1.54) is 109 Å². The first-order valence-corrected chi connectivity index (χ1v) is 21.7. The summed E-state index contributed by atoms with van der Waals surface area (Å²) >= 11 is 0. The van der Waals surface area contributed by atoms with E-state index >= 15 is 0 Å². The fourth-order valence-electron chi connectivity index (χ4n) is 10.3. The van der Waals surface area contributed by atoms with Gasteiger partial charge >= 0.3 is 0 Å². The highest BCUT2D eigenvalue weighted by Crippen LogP contribution is 2.67. The van der Waals surface area contributed by atoms with Crippen molar-refractivity contribution >= 4 is 5.91 Å². The predicted octanol–water partition coefficient (Wildman–Crippen LogP) is 8.85. The van der Waals surface area contributed by atoms with E-state index in [0.29, 0.717) is 36.4 Å². The molecule has 4 saturated carbocycles. The van der Waals surface area contributed by atoms with Gasteiger partial charge in [-0.25, -0.2) is 0 Å². The Morgan fingerprint density at radius 3 is 1.72 bits per heavy atom. The molecule has 1 amide bonds. The lowest BCUT2D eigenvalue weighted by atomic mass is 9.45. The Morgan fingerprint density at radius 1 is 0.640 bits per heavy atom. The fourth-order valence-corrected chi connectivity index (χ4v) is 10.3. The van der Waals surface area contributed by atoms with Gasteiger partial charge in [-0.3, -0.25) is 4.79 Å². The van der Waals surface area contributed by atoms with Crippen LogP contribution in [0.2, 0.25) is 0 Å². The van der Waals surface area contributed by atoms with Crippen molar-refractivity contribution in [3.63, 3.8) is 0 Å². The van der Waals surface area contributed by atoms with Crippen molar-refractivity contribution in [2.24, 2.45) is 51.9 Å². The number of nitrogens with zero attached hydrogens (tertiary/aromatic N) is 1. The van der Waals surface area contributed by atoms with Crippen molar-refractivity contribution < 1.29 is 20.1 Å². The molecule has 50 heavy (non-hydrogen) atoms. The summed E-state index contributed by atoms with van der Waals surface area (Å²) in [6.07, 6.45) is 29.0. The van der Waals surface area contributed by atoms with Crippen molar-refractivity contribution in [1.82, 2.24) is 4.90 Å². The second kappa shape index (κ2) is 27.8. The lowest BCUT2D eigenvalue weighted by Gasteiger charge is -2.60. The Kier molecular flexibility index (Phi) is 26.3. The summed E-state index contributed by atoms with van der Waals surface area (Å²) < 4.78 is 0. The number of nitrogens with two attached hydrogens (primary N) is 2.